The van der Waals surface area contributed by atoms with Gasteiger partial charge in [0.25, 0.3) is 0 Å². The zero-order valence-electron chi connectivity index (χ0n) is 10.1. The molecule has 0 saturated carbocycles. The second-order valence-electron chi connectivity index (χ2n) is 4.46. The quantitative estimate of drug-likeness (QED) is 0.891. The van der Waals surface area contributed by atoms with Crippen molar-refractivity contribution in [3.8, 4) is 0 Å². The Morgan fingerprint density at radius 1 is 1.53 bits per heavy atom. The van der Waals surface area contributed by atoms with Crippen molar-refractivity contribution < 1.29 is 12.8 Å². The molecule has 0 bridgehead atoms. The fourth-order valence-electron chi connectivity index (χ4n) is 2.05. The van der Waals surface area contributed by atoms with Crippen molar-refractivity contribution in [2.24, 2.45) is 0 Å². The second-order valence-corrected chi connectivity index (χ2v) is 6.77. The van der Waals surface area contributed by atoms with Crippen molar-refractivity contribution in [1.29, 1.82) is 0 Å². The van der Waals surface area contributed by atoms with Crippen molar-refractivity contribution in [3.05, 3.63) is 17.8 Å². The van der Waals surface area contributed by atoms with E-state index in [1.165, 1.54) is 0 Å². The summed E-state index contributed by atoms with van der Waals surface area (Å²) in [5, 5.41) is 2.51. The minimum atomic E-state index is -3.05. The van der Waals surface area contributed by atoms with Crippen LogP contribution in [-0.4, -0.2) is 26.2 Å². The highest BCUT2D eigenvalue weighted by molar-refractivity contribution is 7.91. The number of sulfone groups is 1. The highest BCUT2D eigenvalue weighted by Gasteiger charge is 2.33. The van der Waals surface area contributed by atoms with Gasteiger partial charge in [-0.1, -0.05) is 6.42 Å². The molecule has 5 nitrogen and oxygen atoms in total. The first kappa shape index (κ1) is 12.6. The first-order chi connectivity index (χ1) is 8.04. The molecule has 0 aliphatic carbocycles. The molecular weight excluding hydrogens is 240 g/mol. The number of oxazole rings is 1. The predicted molar refractivity (Wildman–Crippen MR) is 64.4 cm³/mol. The van der Waals surface area contributed by atoms with Gasteiger partial charge in [0.05, 0.1) is 18.0 Å². The van der Waals surface area contributed by atoms with E-state index in [1.807, 2.05) is 14.0 Å². The van der Waals surface area contributed by atoms with Crippen LogP contribution in [-0.2, 0) is 9.84 Å². The molecular formula is C11H18N2O3S. The van der Waals surface area contributed by atoms with Crippen LogP contribution in [0.3, 0.4) is 0 Å². The molecule has 2 heterocycles. The van der Waals surface area contributed by atoms with Gasteiger partial charge in [-0.05, 0) is 26.8 Å². The lowest BCUT2D eigenvalue weighted by Gasteiger charge is -2.19. The SMILES string of the molecule is CNC(C)c1ncc(C2CCCCS2(=O)=O)o1. The normalized spacial score (nSPS) is 25.6. The molecule has 1 aromatic heterocycles. The third-order valence-corrected chi connectivity index (χ3v) is 5.43. The number of hydrogen-bond acceptors (Lipinski definition) is 5. The van der Waals surface area contributed by atoms with E-state index in [1.54, 1.807) is 6.20 Å². The Hall–Kier alpha value is -0.880. The standard InChI is InChI=1S/C11H18N2O3S/c1-8(12-2)11-13-7-9(16-11)10-5-3-4-6-17(10,14)15/h7-8,10,12H,3-6H2,1-2H3. The molecule has 1 aliphatic heterocycles. The summed E-state index contributed by atoms with van der Waals surface area (Å²) >= 11 is 0. The van der Waals surface area contributed by atoms with Gasteiger partial charge < -0.3 is 9.73 Å². The van der Waals surface area contributed by atoms with Crippen molar-refractivity contribution in [1.82, 2.24) is 10.3 Å². The molecule has 1 aliphatic rings. The Balaban J connectivity index is 2.25. The van der Waals surface area contributed by atoms with Crippen LogP contribution in [0.2, 0.25) is 0 Å². The molecule has 2 unspecified atom stereocenters. The molecule has 0 aromatic carbocycles. The molecule has 0 amide bonds. The number of rotatable bonds is 3. The third-order valence-electron chi connectivity index (χ3n) is 3.24. The maximum Gasteiger partial charge on any atom is 0.211 e. The summed E-state index contributed by atoms with van der Waals surface area (Å²) in [4.78, 5) is 4.13. The first-order valence-corrected chi connectivity index (χ1v) is 7.60. The maximum absolute atomic E-state index is 11.9. The highest BCUT2D eigenvalue weighted by atomic mass is 32.2. The average Bonchev–Trinajstić information content (AvgIpc) is 2.76. The third kappa shape index (κ3) is 2.52. The number of hydrogen-bond donors (Lipinski definition) is 1. The topological polar surface area (TPSA) is 72.2 Å². The Bertz CT molecular complexity index is 481. The van der Waals surface area contributed by atoms with E-state index in [9.17, 15) is 8.42 Å². The van der Waals surface area contributed by atoms with E-state index in [0.717, 1.165) is 12.8 Å². The van der Waals surface area contributed by atoms with Gasteiger partial charge >= 0.3 is 0 Å². The van der Waals surface area contributed by atoms with Crippen molar-refractivity contribution in [2.45, 2.75) is 37.5 Å². The van der Waals surface area contributed by atoms with Crippen LogP contribution >= 0.6 is 0 Å². The van der Waals surface area contributed by atoms with Crippen molar-refractivity contribution in [2.75, 3.05) is 12.8 Å². The summed E-state index contributed by atoms with van der Waals surface area (Å²) in [6, 6.07) is -0.00459. The molecule has 0 spiro atoms. The zero-order valence-corrected chi connectivity index (χ0v) is 11.0. The van der Waals surface area contributed by atoms with Gasteiger partial charge in [0.15, 0.2) is 9.84 Å². The van der Waals surface area contributed by atoms with Crippen LogP contribution in [0.5, 0.6) is 0 Å². The molecule has 17 heavy (non-hydrogen) atoms. The van der Waals surface area contributed by atoms with Gasteiger partial charge in [-0.3, -0.25) is 0 Å². The van der Waals surface area contributed by atoms with E-state index in [2.05, 4.69) is 10.3 Å². The summed E-state index contributed by atoms with van der Waals surface area (Å²) < 4.78 is 29.4. The van der Waals surface area contributed by atoms with E-state index in [0.29, 0.717) is 18.1 Å². The fraction of sp³-hybridized carbons (Fsp3) is 0.727. The summed E-state index contributed by atoms with van der Waals surface area (Å²) in [5.74, 6) is 1.29. The van der Waals surface area contributed by atoms with Crippen molar-refractivity contribution >= 4 is 9.84 Å². The Labute approximate surface area is 102 Å². The Kier molecular flexibility index (Phi) is 3.53. The number of nitrogens with zero attached hydrogens (tertiary/aromatic N) is 1. The van der Waals surface area contributed by atoms with E-state index in [4.69, 9.17) is 4.42 Å². The van der Waals surface area contributed by atoms with Gasteiger partial charge in [0.2, 0.25) is 5.89 Å². The molecule has 96 valence electrons. The second kappa shape index (κ2) is 4.78. The lowest BCUT2D eigenvalue weighted by atomic mass is 10.1. The van der Waals surface area contributed by atoms with Gasteiger partial charge in [-0.25, -0.2) is 13.4 Å². The van der Waals surface area contributed by atoms with Gasteiger partial charge in [0, 0.05) is 0 Å². The van der Waals surface area contributed by atoms with Crippen LogP contribution in [0.15, 0.2) is 10.6 Å². The maximum atomic E-state index is 11.9. The lowest BCUT2D eigenvalue weighted by Crippen LogP contribution is -2.21. The zero-order chi connectivity index (χ0) is 12.5. The summed E-state index contributed by atoms with van der Waals surface area (Å²) in [7, 11) is -1.24. The Morgan fingerprint density at radius 3 is 2.94 bits per heavy atom. The fourth-order valence-corrected chi connectivity index (χ4v) is 3.93. The summed E-state index contributed by atoms with van der Waals surface area (Å²) in [5.41, 5.74) is 0. The Morgan fingerprint density at radius 2 is 2.29 bits per heavy atom. The van der Waals surface area contributed by atoms with Gasteiger partial charge in [-0.15, -0.1) is 0 Å². The minimum absolute atomic E-state index is 0.00459. The molecule has 0 radical (unpaired) electrons. The molecule has 1 saturated heterocycles. The molecule has 2 atom stereocenters. The number of nitrogens with one attached hydrogen (secondary N) is 1. The van der Waals surface area contributed by atoms with Crippen LogP contribution in [0.1, 0.15) is 49.1 Å². The molecule has 6 heteroatoms. The van der Waals surface area contributed by atoms with Crippen LogP contribution in [0.4, 0.5) is 0 Å². The van der Waals surface area contributed by atoms with Crippen LogP contribution < -0.4 is 5.32 Å². The molecule has 2 rings (SSSR count). The smallest absolute Gasteiger partial charge is 0.211 e. The summed E-state index contributed by atoms with van der Waals surface area (Å²) in [6.45, 7) is 1.92. The molecule has 1 fully saturated rings. The largest absolute Gasteiger partial charge is 0.443 e. The number of aromatic nitrogens is 1. The lowest BCUT2D eigenvalue weighted by molar-refractivity contribution is 0.394. The first-order valence-electron chi connectivity index (χ1n) is 5.89. The highest BCUT2D eigenvalue weighted by Crippen LogP contribution is 2.34. The predicted octanol–water partition coefficient (Wildman–Crippen LogP) is 1.59. The van der Waals surface area contributed by atoms with Crippen LogP contribution in [0, 0.1) is 0 Å². The van der Waals surface area contributed by atoms with E-state index in [-0.39, 0.29) is 11.8 Å². The van der Waals surface area contributed by atoms with E-state index >= 15 is 0 Å². The van der Waals surface area contributed by atoms with Crippen molar-refractivity contribution in [3.63, 3.8) is 0 Å². The average molecular weight is 258 g/mol. The summed E-state index contributed by atoms with van der Waals surface area (Å²) in [6.07, 6.45) is 3.88. The van der Waals surface area contributed by atoms with Crippen LogP contribution in [0.25, 0.3) is 0 Å². The van der Waals surface area contributed by atoms with Gasteiger partial charge in [-0.2, -0.15) is 0 Å². The van der Waals surface area contributed by atoms with E-state index < -0.39 is 15.1 Å². The molecule has 1 aromatic rings. The monoisotopic (exact) mass is 258 g/mol. The minimum Gasteiger partial charge on any atom is -0.443 e. The molecule has 1 N–H and O–H groups in total. The van der Waals surface area contributed by atoms with Gasteiger partial charge in [0.1, 0.15) is 11.0 Å².